The van der Waals surface area contributed by atoms with Crippen LogP contribution in [0.4, 0.5) is 11.4 Å². The fourth-order valence-corrected chi connectivity index (χ4v) is 6.21. The minimum absolute atomic E-state index is 0.641. The summed E-state index contributed by atoms with van der Waals surface area (Å²) in [6.07, 6.45) is 0. The van der Waals surface area contributed by atoms with Crippen LogP contribution in [0, 0.1) is 0 Å². The number of aromatic nitrogens is 4. The third kappa shape index (κ3) is 4.35. The van der Waals surface area contributed by atoms with Crippen molar-refractivity contribution >= 4 is 44.5 Å². The van der Waals surface area contributed by atoms with E-state index < -0.39 is 0 Å². The largest absolute Gasteiger partial charge is 0.452 e. The number of hydrogen-bond donors (Lipinski definition) is 2. The van der Waals surface area contributed by atoms with E-state index in [0.29, 0.717) is 11.4 Å². The fourth-order valence-electron chi connectivity index (χ4n) is 6.21. The van der Waals surface area contributed by atoms with Crippen molar-refractivity contribution < 1.29 is 4.42 Å². The van der Waals surface area contributed by atoms with Crippen LogP contribution in [0.15, 0.2) is 156 Å². The van der Waals surface area contributed by atoms with Gasteiger partial charge in [-0.05, 0) is 48.5 Å². The van der Waals surface area contributed by atoms with Crippen molar-refractivity contribution in [3.8, 4) is 39.5 Å². The maximum Gasteiger partial charge on any atom is 0.180 e. The molecule has 0 radical (unpaired) electrons. The number of H-pyrrole nitrogens is 1. The molecule has 0 aliphatic heterocycles. The van der Waals surface area contributed by atoms with Gasteiger partial charge in [-0.3, -0.25) is 9.78 Å². The number of hydrogen-bond acceptors (Lipinski definition) is 4. The molecule has 0 aliphatic rings. The van der Waals surface area contributed by atoms with E-state index in [9.17, 15) is 0 Å². The van der Waals surface area contributed by atoms with Gasteiger partial charge in [-0.2, -0.15) is 0 Å². The number of nitrogens with one attached hydrogen (secondary N) is 2. The average molecular weight is 594 g/mol. The molecular weight excluding hydrogens is 566 g/mol. The van der Waals surface area contributed by atoms with E-state index in [1.54, 1.807) is 0 Å². The van der Waals surface area contributed by atoms with E-state index in [1.165, 1.54) is 0 Å². The van der Waals surface area contributed by atoms with Crippen molar-refractivity contribution in [2.45, 2.75) is 0 Å². The third-order valence-electron chi connectivity index (χ3n) is 8.41. The van der Waals surface area contributed by atoms with Crippen LogP contribution < -0.4 is 5.32 Å². The van der Waals surface area contributed by atoms with E-state index in [1.807, 2.05) is 54.6 Å². The number of anilines is 2. The van der Waals surface area contributed by atoms with Crippen molar-refractivity contribution in [1.29, 1.82) is 0 Å². The predicted molar refractivity (Wildman–Crippen MR) is 187 cm³/mol. The van der Waals surface area contributed by atoms with Gasteiger partial charge in [0.2, 0.25) is 0 Å². The van der Waals surface area contributed by atoms with E-state index in [0.717, 1.165) is 72.5 Å². The average Bonchev–Trinajstić information content (AvgIpc) is 3.48. The highest BCUT2D eigenvalue weighted by atomic mass is 16.3. The molecule has 0 bridgehead atoms. The zero-order valence-corrected chi connectivity index (χ0v) is 24.7. The second-order valence-electron chi connectivity index (χ2n) is 11.3. The van der Waals surface area contributed by atoms with Crippen molar-refractivity contribution in [1.82, 2.24) is 19.7 Å². The zero-order valence-electron chi connectivity index (χ0n) is 24.7. The summed E-state index contributed by atoms with van der Waals surface area (Å²) < 4.78 is 8.44. The summed E-state index contributed by atoms with van der Waals surface area (Å²) in [7, 11) is 0. The van der Waals surface area contributed by atoms with Gasteiger partial charge in [0.1, 0.15) is 16.8 Å². The van der Waals surface area contributed by atoms with Crippen LogP contribution >= 0.6 is 0 Å². The minimum Gasteiger partial charge on any atom is -0.452 e. The Hall–Kier alpha value is -6.40. The first-order chi connectivity index (χ1) is 22.8. The SMILES string of the molecule is c1ccc(-c2nc(-c3cccc(Nc4ccccc4-c4ccccc4-n4[nH]c5ccccc54)c3)nc3c2oc2ccccc23)cc1. The summed E-state index contributed by atoms with van der Waals surface area (Å²) in [4.78, 5) is 10.1. The minimum atomic E-state index is 0.641. The normalized spacial score (nSPS) is 11.5. The maximum absolute atomic E-state index is 6.30. The summed E-state index contributed by atoms with van der Waals surface area (Å²) in [5.74, 6) is 0.641. The number of fused-ring (bicyclic) bond motifs is 4. The molecule has 0 saturated heterocycles. The molecule has 9 rings (SSSR count). The van der Waals surface area contributed by atoms with Crippen molar-refractivity contribution in [3.05, 3.63) is 152 Å². The van der Waals surface area contributed by atoms with Crippen molar-refractivity contribution in [2.75, 3.05) is 5.32 Å². The zero-order chi connectivity index (χ0) is 30.5. The van der Waals surface area contributed by atoms with Crippen LogP contribution in [0.1, 0.15) is 0 Å². The van der Waals surface area contributed by atoms with Gasteiger partial charge >= 0.3 is 0 Å². The fraction of sp³-hybridized carbons (Fsp3) is 0. The summed E-state index contributed by atoms with van der Waals surface area (Å²) in [5.41, 5.74) is 12.5. The molecule has 6 heteroatoms. The van der Waals surface area contributed by atoms with E-state index >= 15 is 0 Å². The molecule has 2 N–H and O–H groups in total. The highest BCUT2D eigenvalue weighted by Gasteiger charge is 2.19. The van der Waals surface area contributed by atoms with Gasteiger partial charge in [-0.15, -0.1) is 0 Å². The Morgan fingerprint density at radius 2 is 1.35 bits per heavy atom. The van der Waals surface area contributed by atoms with Gasteiger partial charge in [0.15, 0.2) is 11.4 Å². The first-order valence-corrected chi connectivity index (χ1v) is 15.3. The van der Waals surface area contributed by atoms with Crippen LogP contribution in [-0.2, 0) is 0 Å². The third-order valence-corrected chi connectivity index (χ3v) is 8.41. The molecule has 6 nitrogen and oxygen atoms in total. The maximum atomic E-state index is 6.30. The van der Waals surface area contributed by atoms with E-state index in [-0.39, 0.29) is 0 Å². The molecular formula is C40H27N5O. The number of furan rings is 1. The molecule has 6 aromatic carbocycles. The lowest BCUT2D eigenvalue weighted by Crippen LogP contribution is -2.09. The Labute approximate surface area is 264 Å². The van der Waals surface area contributed by atoms with Gasteiger partial charge in [0.25, 0.3) is 0 Å². The first kappa shape index (κ1) is 26.0. The highest BCUT2D eigenvalue weighted by Crippen LogP contribution is 2.38. The van der Waals surface area contributed by atoms with Gasteiger partial charge in [-0.1, -0.05) is 103 Å². The second-order valence-corrected chi connectivity index (χ2v) is 11.3. The lowest BCUT2D eigenvalue weighted by atomic mass is 10.0. The molecule has 9 aromatic rings. The van der Waals surface area contributed by atoms with E-state index in [2.05, 4.69) is 112 Å². The number of rotatable bonds is 6. The molecule has 0 spiro atoms. The monoisotopic (exact) mass is 593 g/mol. The molecule has 46 heavy (non-hydrogen) atoms. The Morgan fingerprint density at radius 3 is 2.26 bits per heavy atom. The lowest BCUT2D eigenvalue weighted by molar-refractivity contribution is 0.667. The van der Waals surface area contributed by atoms with Gasteiger partial charge < -0.3 is 9.73 Å². The second kappa shape index (κ2) is 10.6. The topological polar surface area (TPSA) is 71.7 Å². The summed E-state index contributed by atoms with van der Waals surface area (Å²) >= 11 is 0. The van der Waals surface area contributed by atoms with Crippen LogP contribution in [-0.4, -0.2) is 19.7 Å². The van der Waals surface area contributed by atoms with Gasteiger partial charge in [0.05, 0.1) is 16.7 Å². The first-order valence-electron chi connectivity index (χ1n) is 15.3. The number of aromatic amines is 1. The smallest absolute Gasteiger partial charge is 0.180 e. The predicted octanol–water partition coefficient (Wildman–Crippen LogP) is 10.4. The Morgan fingerprint density at radius 1 is 0.609 bits per heavy atom. The number of para-hydroxylation sites is 5. The molecule has 218 valence electrons. The molecule has 0 atom stereocenters. The highest BCUT2D eigenvalue weighted by molar-refractivity contribution is 6.07. The lowest BCUT2D eigenvalue weighted by Gasteiger charge is -2.21. The van der Waals surface area contributed by atoms with Crippen LogP contribution in [0.25, 0.3) is 72.6 Å². The van der Waals surface area contributed by atoms with E-state index in [4.69, 9.17) is 14.4 Å². The molecule has 3 aromatic heterocycles. The van der Waals surface area contributed by atoms with Gasteiger partial charge in [-0.25, -0.2) is 9.97 Å². The van der Waals surface area contributed by atoms with Crippen LogP contribution in [0.2, 0.25) is 0 Å². The van der Waals surface area contributed by atoms with Crippen LogP contribution in [0.5, 0.6) is 0 Å². The van der Waals surface area contributed by atoms with Crippen LogP contribution in [0.3, 0.4) is 0 Å². The quantitative estimate of drug-likeness (QED) is 0.201. The van der Waals surface area contributed by atoms with Crippen molar-refractivity contribution in [2.24, 2.45) is 0 Å². The Kier molecular flexibility index (Phi) is 6.03. The van der Waals surface area contributed by atoms with Crippen molar-refractivity contribution in [3.63, 3.8) is 0 Å². The molecule has 0 saturated carbocycles. The molecule has 3 heterocycles. The summed E-state index contributed by atoms with van der Waals surface area (Å²) in [6, 6.07) is 51.6. The standard InChI is InChI=1S/C40H27N5O/c1-2-13-26(14-3-1)37-39-38(31-19-6-11-24-36(31)46-39)43-40(42-37)27-15-12-16-28(25-27)41-32-20-7-4-17-29(32)30-18-5-9-22-34(30)45-35-23-10-8-21-33(35)44-45/h1-25,41,44H. The number of benzene rings is 6. The molecule has 0 fully saturated rings. The molecule has 0 amide bonds. The molecule has 0 aliphatic carbocycles. The van der Waals surface area contributed by atoms with Gasteiger partial charge in [0, 0.05) is 39.0 Å². The Bertz CT molecular complexity index is 2520. The number of nitrogens with zero attached hydrogens (tertiary/aromatic N) is 3. The molecule has 0 unspecified atom stereocenters. The summed E-state index contributed by atoms with van der Waals surface area (Å²) in [5, 5.41) is 8.14. The Balaban J connectivity index is 1.13. The summed E-state index contributed by atoms with van der Waals surface area (Å²) in [6.45, 7) is 0.